The van der Waals surface area contributed by atoms with Crippen LogP contribution in [0.15, 0.2) is 31.1 Å². The average molecular weight is 224 g/mol. The van der Waals surface area contributed by atoms with Gasteiger partial charge in [0.2, 0.25) is 0 Å². The molecular weight excluding hydrogens is 211 g/mol. The van der Waals surface area contributed by atoms with Crippen molar-refractivity contribution in [3.05, 3.63) is 42.5 Å². The van der Waals surface area contributed by atoms with Crippen LogP contribution >= 0.6 is 0 Å². The van der Waals surface area contributed by atoms with Crippen molar-refractivity contribution in [1.29, 1.82) is 0 Å². The third-order valence-electron chi connectivity index (χ3n) is 2.01. The maximum atomic E-state index is 13.3. The predicted octanol–water partition coefficient (Wildman–Crippen LogP) is 0.841. The summed E-state index contributed by atoms with van der Waals surface area (Å²) >= 11 is 0. The Kier molecular flexibility index (Phi) is 4.60. The van der Waals surface area contributed by atoms with Crippen molar-refractivity contribution in [2.45, 2.75) is 0 Å². The number of pyridine rings is 1. The molecule has 0 radical (unpaired) electrons. The molecule has 1 heterocycles. The highest BCUT2D eigenvalue weighted by Gasteiger charge is 2.17. The highest BCUT2D eigenvalue weighted by molar-refractivity contribution is 5.94. The molecule has 5 heteroatoms. The van der Waals surface area contributed by atoms with Gasteiger partial charge in [-0.05, 0) is 6.07 Å². The van der Waals surface area contributed by atoms with Crippen LogP contribution in [0.1, 0.15) is 10.4 Å². The lowest BCUT2D eigenvalue weighted by atomic mass is 10.2. The second kappa shape index (κ2) is 5.97. The molecule has 0 aliphatic rings. The summed E-state index contributed by atoms with van der Waals surface area (Å²) in [6, 6.07) is 1.31. The van der Waals surface area contributed by atoms with E-state index >= 15 is 0 Å². The average Bonchev–Trinajstić information content (AvgIpc) is 2.28. The second-order valence-electron chi connectivity index (χ2n) is 3.12. The number of aromatic nitrogens is 1. The number of hydrogen-bond acceptors (Lipinski definition) is 3. The van der Waals surface area contributed by atoms with Gasteiger partial charge in [0.25, 0.3) is 5.91 Å². The van der Waals surface area contributed by atoms with E-state index in [0.29, 0.717) is 0 Å². The number of halogens is 1. The van der Waals surface area contributed by atoms with Crippen molar-refractivity contribution in [3.8, 4) is 0 Å². The maximum Gasteiger partial charge on any atom is 0.257 e. The van der Waals surface area contributed by atoms with E-state index in [1.807, 2.05) is 0 Å². The SMILES string of the molecule is C=CCN(CCO)C(=O)c1ccncc1F. The van der Waals surface area contributed by atoms with Crippen molar-refractivity contribution in [2.24, 2.45) is 0 Å². The summed E-state index contributed by atoms with van der Waals surface area (Å²) in [7, 11) is 0. The minimum atomic E-state index is -0.667. The van der Waals surface area contributed by atoms with Gasteiger partial charge in [0.05, 0.1) is 18.4 Å². The van der Waals surface area contributed by atoms with Crippen LogP contribution in [0.5, 0.6) is 0 Å². The molecule has 0 fully saturated rings. The van der Waals surface area contributed by atoms with Gasteiger partial charge in [-0.25, -0.2) is 4.39 Å². The van der Waals surface area contributed by atoms with E-state index in [-0.39, 0.29) is 25.3 Å². The fourth-order valence-corrected chi connectivity index (χ4v) is 1.27. The van der Waals surface area contributed by atoms with E-state index in [2.05, 4.69) is 11.6 Å². The van der Waals surface area contributed by atoms with Gasteiger partial charge in [-0.3, -0.25) is 9.78 Å². The summed E-state index contributed by atoms with van der Waals surface area (Å²) < 4.78 is 13.3. The standard InChI is InChI=1S/C11H13FN2O2/c1-2-5-14(6-7-15)11(16)9-3-4-13-8-10(9)12/h2-4,8,15H,1,5-7H2. The molecule has 1 rings (SSSR count). The van der Waals surface area contributed by atoms with Crippen LogP contribution in [0.3, 0.4) is 0 Å². The van der Waals surface area contributed by atoms with E-state index < -0.39 is 11.7 Å². The van der Waals surface area contributed by atoms with Gasteiger partial charge in [0, 0.05) is 19.3 Å². The van der Waals surface area contributed by atoms with Gasteiger partial charge in [0.1, 0.15) is 0 Å². The molecule has 0 unspecified atom stereocenters. The Hall–Kier alpha value is -1.75. The Morgan fingerprint density at radius 1 is 1.69 bits per heavy atom. The summed E-state index contributed by atoms with van der Waals surface area (Å²) in [5.41, 5.74) is -0.0506. The fourth-order valence-electron chi connectivity index (χ4n) is 1.27. The summed E-state index contributed by atoms with van der Waals surface area (Å²) in [5.74, 6) is -1.15. The molecule has 4 nitrogen and oxygen atoms in total. The molecule has 0 aliphatic carbocycles. The number of nitrogens with zero attached hydrogens (tertiary/aromatic N) is 2. The van der Waals surface area contributed by atoms with Crippen LogP contribution in [0, 0.1) is 5.82 Å². The molecule has 0 aliphatic heterocycles. The van der Waals surface area contributed by atoms with Crippen molar-refractivity contribution < 1.29 is 14.3 Å². The Labute approximate surface area is 93.0 Å². The zero-order chi connectivity index (χ0) is 12.0. The van der Waals surface area contributed by atoms with Crippen molar-refractivity contribution in [2.75, 3.05) is 19.7 Å². The largest absolute Gasteiger partial charge is 0.395 e. The third kappa shape index (κ3) is 2.87. The molecule has 0 spiro atoms. The highest BCUT2D eigenvalue weighted by Crippen LogP contribution is 2.08. The van der Waals surface area contributed by atoms with Crippen LogP contribution in [0.4, 0.5) is 4.39 Å². The monoisotopic (exact) mass is 224 g/mol. The number of hydrogen-bond donors (Lipinski definition) is 1. The number of aliphatic hydroxyl groups excluding tert-OH is 1. The summed E-state index contributed by atoms with van der Waals surface area (Å²) in [6.45, 7) is 3.74. The van der Waals surface area contributed by atoms with E-state index in [1.165, 1.54) is 23.2 Å². The first kappa shape index (κ1) is 12.3. The smallest absolute Gasteiger partial charge is 0.257 e. The molecular formula is C11H13FN2O2. The first-order chi connectivity index (χ1) is 7.70. The molecule has 0 atom stereocenters. The lowest BCUT2D eigenvalue weighted by Gasteiger charge is -2.19. The van der Waals surface area contributed by atoms with Crippen molar-refractivity contribution in [1.82, 2.24) is 9.88 Å². The number of carbonyl (C=O) groups is 1. The molecule has 1 amide bonds. The molecule has 1 aromatic heterocycles. The number of aliphatic hydroxyl groups is 1. The van der Waals surface area contributed by atoms with E-state index in [4.69, 9.17) is 5.11 Å². The maximum absolute atomic E-state index is 13.3. The molecule has 0 aromatic carbocycles. The number of rotatable bonds is 5. The van der Waals surface area contributed by atoms with Gasteiger partial charge in [-0.2, -0.15) is 0 Å². The van der Waals surface area contributed by atoms with Crippen LogP contribution in [0.25, 0.3) is 0 Å². The van der Waals surface area contributed by atoms with E-state index in [9.17, 15) is 9.18 Å². The first-order valence-corrected chi connectivity index (χ1v) is 4.81. The zero-order valence-corrected chi connectivity index (χ0v) is 8.77. The van der Waals surface area contributed by atoms with E-state index in [0.717, 1.165) is 6.20 Å². The molecule has 0 bridgehead atoms. The minimum Gasteiger partial charge on any atom is -0.395 e. The summed E-state index contributed by atoms with van der Waals surface area (Å²) in [4.78, 5) is 16.7. The van der Waals surface area contributed by atoms with Crippen LogP contribution in [-0.4, -0.2) is 40.6 Å². The number of amides is 1. The fraction of sp³-hybridized carbons (Fsp3) is 0.273. The summed E-state index contributed by atoms with van der Waals surface area (Å²) in [6.07, 6.45) is 3.85. The Bertz CT molecular complexity index is 382. The molecule has 0 saturated carbocycles. The van der Waals surface area contributed by atoms with Gasteiger partial charge in [-0.1, -0.05) is 6.08 Å². The normalized spacial score (nSPS) is 9.88. The Morgan fingerprint density at radius 3 is 3.00 bits per heavy atom. The van der Waals surface area contributed by atoms with Crippen LogP contribution in [0.2, 0.25) is 0 Å². The van der Waals surface area contributed by atoms with Crippen molar-refractivity contribution in [3.63, 3.8) is 0 Å². The topological polar surface area (TPSA) is 53.4 Å². The van der Waals surface area contributed by atoms with Crippen LogP contribution in [-0.2, 0) is 0 Å². The Balaban J connectivity index is 2.89. The molecule has 1 aromatic rings. The third-order valence-corrected chi connectivity index (χ3v) is 2.01. The molecule has 16 heavy (non-hydrogen) atoms. The molecule has 0 saturated heterocycles. The predicted molar refractivity (Wildman–Crippen MR) is 57.4 cm³/mol. The number of carbonyl (C=O) groups excluding carboxylic acids is 1. The van der Waals surface area contributed by atoms with Gasteiger partial charge in [0.15, 0.2) is 5.82 Å². The second-order valence-corrected chi connectivity index (χ2v) is 3.12. The van der Waals surface area contributed by atoms with Gasteiger partial charge < -0.3 is 10.0 Å². The Morgan fingerprint density at radius 2 is 2.44 bits per heavy atom. The zero-order valence-electron chi connectivity index (χ0n) is 8.77. The molecule has 86 valence electrons. The highest BCUT2D eigenvalue weighted by atomic mass is 19.1. The lowest BCUT2D eigenvalue weighted by molar-refractivity contribution is 0.0738. The lowest BCUT2D eigenvalue weighted by Crippen LogP contribution is -2.34. The summed E-state index contributed by atoms with van der Waals surface area (Å²) in [5, 5.41) is 8.79. The minimum absolute atomic E-state index is 0.0506. The van der Waals surface area contributed by atoms with E-state index in [1.54, 1.807) is 0 Å². The van der Waals surface area contributed by atoms with Gasteiger partial charge in [-0.15, -0.1) is 6.58 Å². The van der Waals surface area contributed by atoms with Crippen LogP contribution < -0.4 is 0 Å². The quantitative estimate of drug-likeness (QED) is 0.754. The van der Waals surface area contributed by atoms with Crippen molar-refractivity contribution >= 4 is 5.91 Å². The molecule has 1 N–H and O–H groups in total. The van der Waals surface area contributed by atoms with Gasteiger partial charge >= 0.3 is 0 Å². The first-order valence-electron chi connectivity index (χ1n) is 4.81.